The summed E-state index contributed by atoms with van der Waals surface area (Å²) in [6.07, 6.45) is 2.92. The third-order valence-electron chi connectivity index (χ3n) is 4.00. The number of carboxylic acid groups (broad SMARTS) is 1. The number of hydrogen-bond donors (Lipinski definition) is 2. The van der Waals surface area contributed by atoms with Crippen LogP contribution >= 0.6 is 0 Å². The number of hydrogen-bond acceptors (Lipinski definition) is 3. The third-order valence-corrected chi connectivity index (χ3v) is 4.00. The number of carbonyl (C=O) groups is 1. The summed E-state index contributed by atoms with van der Waals surface area (Å²) < 4.78 is 0. The average Bonchev–Trinajstić information content (AvgIpc) is 3.04. The van der Waals surface area contributed by atoms with Crippen molar-refractivity contribution in [3.8, 4) is 0 Å². The highest BCUT2D eigenvalue weighted by Gasteiger charge is 2.29. The van der Waals surface area contributed by atoms with Crippen LogP contribution in [0.2, 0.25) is 0 Å². The summed E-state index contributed by atoms with van der Waals surface area (Å²) in [4.78, 5) is 13.4. The molecule has 0 saturated heterocycles. The molecule has 18 heavy (non-hydrogen) atoms. The van der Waals surface area contributed by atoms with Crippen molar-refractivity contribution in [2.24, 2.45) is 5.41 Å². The van der Waals surface area contributed by atoms with E-state index < -0.39 is 12.0 Å². The van der Waals surface area contributed by atoms with Gasteiger partial charge in [-0.1, -0.05) is 20.8 Å². The molecule has 1 rings (SSSR count). The second-order valence-corrected chi connectivity index (χ2v) is 6.64. The molecule has 4 nitrogen and oxygen atoms in total. The predicted molar refractivity (Wildman–Crippen MR) is 73.7 cm³/mol. The minimum atomic E-state index is -0.723. The second kappa shape index (κ2) is 6.02. The lowest BCUT2D eigenvalue weighted by atomic mass is 9.87. The van der Waals surface area contributed by atoms with Crippen LogP contribution in [0.1, 0.15) is 47.0 Å². The minimum absolute atomic E-state index is 0.220. The molecule has 2 unspecified atom stereocenters. The van der Waals surface area contributed by atoms with Crippen LogP contribution in [-0.2, 0) is 4.79 Å². The fourth-order valence-electron chi connectivity index (χ4n) is 2.00. The van der Waals surface area contributed by atoms with Crippen molar-refractivity contribution >= 4 is 5.97 Å². The molecule has 0 aromatic heterocycles. The van der Waals surface area contributed by atoms with E-state index in [0.717, 1.165) is 19.4 Å². The summed E-state index contributed by atoms with van der Waals surface area (Å²) in [5.41, 5.74) is 0.220. The molecular weight excluding hydrogens is 228 g/mol. The van der Waals surface area contributed by atoms with Gasteiger partial charge in [0.05, 0.1) is 0 Å². The van der Waals surface area contributed by atoms with E-state index in [0.29, 0.717) is 18.5 Å². The lowest BCUT2D eigenvalue weighted by Crippen LogP contribution is -2.44. The zero-order valence-corrected chi connectivity index (χ0v) is 12.4. The van der Waals surface area contributed by atoms with Crippen LogP contribution in [0.4, 0.5) is 0 Å². The van der Waals surface area contributed by atoms with E-state index in [1.165, 1.54) is 0 Å². The van der Waals surface area contributed by atoms with Crippen LogP contribution < -0.4 is 5.32 Å². The van der Waals surface area contributed by atoms with Crippen molar-refractivity contribution in [2.75, 3.05) is 13.6 Å². The lowest BCUT2D eigenvalue weighted by molar-refractivity contribution is -0.139. The van der Waals surface area contributed by atoms with Gasteiger partial charge in [-0.3, -0.25) is 4.79 Å². The van der Waals surface area contributed by atoms with E-state index in [9.17, 15) is 9.90 Å². The van der Waals surface area contributed by atoms with Crippen LogP contribution in [0, 0.1) is 5.41 Å². The zero-order chi connectivity index (χ0) is 13.9. The van der Waals surface area contributed by atoms with Crippen LogP contribution in [0.5, 0.6) is 0 Å². The lowest BCUT2D eigenvalue weighted by Gasteiger charge is -2.35. The van der Waals surface area contributed by atoms with Gasteiger partial charge in [-0.15, -0.1) is 0 Å². The second-order valence-electron chi connectivity index (χ2n) is 6.64. The molecule has 0 aromatic carbocycles. The molecule has 1 aliphatic carbocycles. The first kappa shape index (κ1) is 15.4. The van der Waals surface area contributed by atoms with Gasteiger partial charge in [-0.05, 0) is 38.6 Å². The molecule has 0 heterocycles. The highest BCUT2D eigenvalue weighted by atomic mass is 16.4. The first-order chi connectivity index (χ1) is 8.21. The summed E-state index contributed by atoms with van der Waals surface area (Å²) >= 11 is 0. The standard InChI is InChI=1S/C14H28N2O2/c1-10(14(2,3)4)16(5)9-8-12(13(17)18)15-11-6-7-11/h10-12,15H,6-9H2,1-5H3,(H,17,18). The highest BCUT2D eigenvalue weighted by Crippen LogP contribution is 2.23. The largest absolute Gasteiger partial charge is 0.480 e. The first-order valence-electron chi connectivity index (χ1n) is 6.91. The molecule has 1 fully saturated rings. The molecule has 0 spiro atoms. The maximum atomic E-state index is 11.2. The van der Waals surface area contributed by atoms with Gasteiger partial charge in [0.2, 0.25) is 0 Å². The monoisotopic (exact) mass is 256 g/mol. The molecule has 0 bridgehead atoms. The molecule has 0 amide bonds. The van der Waals surface area contributed by atoms with Crippen molar-refractivity contribution in [2.45, 2.75) is 65.1 Å². The van der Waals surface area contributed by atoms with Gasteiger partial charge in [0.25, 0.3) is 0 Å². The Hall–Kier alpha value is -0.610. The Balaban J connectivity index is 2.38. The van der Waals surface area contributed by atoms with Crippen LogP contribution in [0.25, 0.3) is 0 Å². The Labute approximate surface area is 111 Å². The fourth-order valence-corrected chi connectivity index (χ4v) is 2.00. The van der Waals surface area contributed by atoms with Crippen LogP contribution in [0.15, 0.2) is 0 Å². The molecule has 4 heteroatoms. The van der Waals surface area contributed by atoms with Crippen LogP contribution in [0.3, 0.4) is 0 Å². The Kier molecular flexibility index (Phi) is 5.17. The molecular formula is C14H28N2O2. The van der Waals surface area contributed by atoms with Crippen LogP contribution in [-0.4, -0.2) is 47.7 Å². The molecule has 1 saturated carbocycles. The molecule has 1 aliphatic rings. The predicted octanol–water partition coefficient (Wildman–Crippen LogP) is 1.95. The smallest absolute Gasteiger partial charge is 0.320 e. The molecule has 2 atom stereocenters. The third kappa shape index (κ3) is 4.94. The number of rotatable bonds is 7. The number of carboxylic acids is 1. The van der Waals surface area contributed by atoms with Crippen molar-refractivity contribution in [1.29, 1.82) is 0 Å². The van der Waals surface area contributed by atoms with Gasteiger partial charge in [0.15, 0.2) is 0 Å². The molecule has 0 aromatic rings. The summed E-state index contributed by atoms with van der Waals surface area (Å²) in [5.74, 6) is -0.723. The Morgan fingerprint density at radius 1 is 1.44 bits per heavy atom. The van der Waals surface area contributed by atoms with E-state index >= 15 is 0 Å². The van der Waals surface area contributed by atoms with Crippen molar-refractivity contribution < 1.29 is 9.90 Å². The first-order valence-corrected chi connectivity index (χ1v) is 6.91. The molecule has 106 valence electrons. The maximum Gasteiger partial charge on any atom is 0.320 e. The highest BCUT2D eigenvalue weighted by molar-refractivity contribution is 5.73. The fraction of sp³-hybridized carbons (Fsp3) is 0.929. The number of nitrogens with zero attached hydrogens (tertiary/aromatic N) is 1. The van der Waals surface area contributed by atoms with Gasteiger partial charge in [-0.25, -0.2) is 0 Å². The number of nitrogens with one attached hydrogen (secondary N) is 1. The SMILES string of the molecule is CC(N(C)CCC(NC1CC1)C(=O)O)C(C)(C)C. The van der Waals surface area contributed by atoms with Crippen molar-refractivity contribution in [1.82, 2.24) is 10.2 Å². The summed E-state index contributed by atoms with van der Waals surface area (Å²) in [6, 6.07) is 0.483. The Bertz CT molecular complexity index is 282. The Morgan fingerprint density at radius 2 is 2.00 bits per heavy atom. The van der Waals surface area contributed by atoms with Crippen molar-refractivity contribution in [3.63, 3.8) is 0 Å². The van der Waals surface area contributed by atoms with Gasteiger partial charge in [0, 0.05) is 18.6 Å². The van der Waals surface area contributed by atoms with Gasteiger partial charge < -0.3 is 15.3 Å². The average molecular weight is 256 g/mol. The van der Waals surface area contributed by atoms with E-state index in [2.05, 4.69) is 45.0 Å². The molecule has 0 radical (unpaired) electrons. The van der Waals surface area contributed by atoms with Gasteiger partial charge in [0.1, 0.15) is 6.04 Å². The summed E-state index contributed by atoms with van der Waals surface area (Å²) in [6.45, 7) is 9.65. The van der Waals surface area contributed by atoms with E-state index in [4.69, 9.17) is 0 Å². The number of aliphatic carboxylic acids is 1. The minimum Gasteiger partial charge on any atom is -0.480 e. The summed E-state index contributed by atoms with van der Waals surface area (Å²) in [7, 11) is 2.08. The van der Waals surface area contributed by atoms with E-state index in [1.54, 1.807) is 0 Å². The Morgan fingerprint density at radius 3 is 2.39 bits per heavy atom. The topological polar surface area (TPSA) is 52.6 Å². The maximum absolute atomic E-state index is 11.2. The zero-order valence-electron chi connectivity index (χ0n) is 12.4. The summed E-state index contributed by atoms with van der Waals surface area (Å²) in [5, 5.41) is 12.4. The van der Waals surface area contributed by atoms with Crippen molar-refractivity contribution in [3.05, 3.63) is 0 Å². The van der Waals surface area contributed by atoms with E-state index in [-0.39, 0.29) is 5.41 Å². The normalized spacial score (nSPS) is 19.9. The molecule has 2 N–H and O–H groups in total. The van der Waals surface area contributed by atoms with E-state index in [1.807, 2.05) is 0 Å². The van der Waals surface area contributed by atoms with Gasteiger partial charge in [-0.2, -0.15) is 0 Å². The quantitative estimate of drug-likeness (QED) is 0.731. The van der Waals surface area contributed by atoms with Gasteiger partial charge >= 0.3 is 5.97 Å². The molecule has 0 aliphatic heterocycles.